The Hall–Kier alpha value is -2.24. The summed E-state index contributed by atoms with van der Waals surface area (Å²) in [5.74, 6) is -2.33. The van der Waals surface area contributed by atoms with Crippen LogP contribution in [0.3, 0.4) is 0 Å². The molecule has 144 valence electrons. The fraction of sp³-hybridized carbons (Fsp3) is 0.455. The molecule has 1 fully saturated rings. The number of benzene rings is 1. The predicted molar refractivity (Wildman–Crippen MR) is 99.8 cm³/mol. The van der Waals surface area contributed by atoms with Gasteiger partial charge in [-0.25, -0.2) is 0 Å². The fourth-order valence-corrected chi connectivity index (χ4v) is 3.52. The molecule has 0 amide bonds. The Morgan fingerprint density at radius 2 is 1.74 bits per heavy atom. The van der Waals surface area contributed by atoms with Gasteiger partial charge >= 0.3 is 0 Å². The summed E-state index contributed by atoms with van der Waals surface area (Å²) in [5.41, 5.74) is 2.60. The number of aromatic nitrogens is 1. The van der Waals surface area contributed by atoms with Crippen LogP contribution in [0.4, 0.5) is 0 Å². The molecule has 3 rings (SSSR count). The summed E-state index contributed by atoms with van der Waals surface area (Å²) in [6.07, 6.45) is 7.83. The minimum Gasteiger partial charge on any atom is -0.544 e. The first kappa shape index (κ1) is 19.5. The van der Waals surface area contributed by atoms with Gasteiger partial charge in [-0.3, -0.25) is 4.98 Å². The van der Waals surface area contributed by atoms with Crippen molar-refractivity contribution in [2.24, 2.45) is 5.92 Å². The highest BCUT2D eigenvalue weighted by Crippen LogP contribution is 2.30. The fourth-order valence-electron chi connectivity index (χ4n) is 3.52. The molecule has 1 aromatic carbocycles. The highest BCUT2D eigenvalue weighted by Gasteiger charge is 2.34. The molecule has 2 aromatic rings. The van der Waals surface area contributed by atoms with Crippen LogP contribution in [0.2, 0.25) is 0 Å². The molecule has 0 aliphatic carbocycles. The van der Waals surface area contributed by atoms with Crippen LogP contribution in [-0.4, -0.2) is 30.0 Å². The Morgan fingerprint density at radius 3 is 2.37 bits per heavy atom. The van der Waals surface area contributed by atoms with Gasteiger partial charge in [-0.1, -0.05) is 43.2 Å². The molecule has 1 aromatic heterocycles. The van der Waals surface area contributed by atoms with E-state index in [2.05, 4.69) is 41.4 Å². The number of carboxylic acids is 1. The van der Waals surface area contributed by atoms with Crippen molar-refractivity contribution in [2.45, 2.75) is 44.3 Å². The van der Waals surface area contributed by atoms with E-state index in [0.29, 0.717) is 19.1 Å². The molecular formula is C22H26NO4-. The smallest absolute Gasteiger partial charge is 0.206 e. The number of ether oxygens (including phenoxy) is 2. The Morgan fingerprint density at radius 1 is 1.11 bits per heavy atom. The maximum atomic E-state index is 11.0. The van der Waals surface area contributed by atoms with Gasteiger partial charge in [0.05, 0.1) is 13.2 Å². The first-order valence-electron chi connectivity index (χ1n) is 9.53. The van der Waals surface area contributed by atoms with E-state index in [9.17, 15) is 9.90 Å². The topological polar surface area (TPSA) is 71.5 Å². The molecule has 0 bridgehead atoms. The van der Waals surface area contributed by atoms with E-state index in [4.69, 9.17) is 9.47 Å². The molecule has 0 N–H and O–H groups in total. The van der Waals surface area contributed by atoms with E-state index >= 15 is 0 Å². The van der Waals surface area contributed by atoms with E-state index < -0.39 is 11.8 Å². The molecule has 1 saturated heterocycles. The van der Waals surface area contributed by atoms with Crippen LogP contribution in [0.5, 0.6) is 0 Å². The van der Waals surface area contributed by atoms with Gasteiger partial charge < -0.3 is 19.4 Å². The van der Waals surface area contributed by atoms with Crippen LogP contribution in [0.15, 0.2) is 54.9 Å². The van der Waals surface area contributed by atoms with Gasteiger partial charge in [0.1, 0.15) is 5.97 Å². The molecule has 0 radical (unpaired) electrons. The second kappa shape index (κ2) is 9.11. The van der Waals surface area contributed by atoms with Gasteiger partial charge in [-0.2, -0.15) is 0 Å². The third-order valence-corrected chi connectivity index (χ3v) is 5.23. The lowest BCUT2D eigenvalue weighted by Gasteiger charge is -2.38. The second-order valence-electron chi connectivity index (χ2n) is 7.25. The summed E-state index contributed by atoms with van der Waals surface area (Å²) in [5, 5.41) is 11.0. The summed E-state index contributed by atoms with van der Waals surface area (Å²) >= 11 is 0. The van der Waals surface area contributed by atoms with E-state index in [1.54, 1.807) is 0 Å². The van der Waals surface area contributed by atoms with Gasteiger partial charge in [0.15, 0.2) is 0 Å². The molecule has 0 saturated carbocycles. The summed E-state index contributed by atoms with van der Waals surface area (Å²) in [6.45, 7) is 2.20. The molecule has 2 heterocycles. The van der Waals surface area contributed by atoms with Gasteiger partial charge in [-0.15, -0.1) is 0 Å². The van der Waals surface area contributed by atoms with Crippen molar-refractivity contribution in [3.8, 4) is 0 Å². The third-order valence-electron chi connectivity index (χ3n) is 5.23. The zero-order chi connectivity index (χ0) is 19.1. The van der Waals surface area contributed by atoms with Crippen molar-refractivity contribution >= 4 is 5.97 Å². The second-order valence-corrected chi connectivity index (χ2v) is 7.25. The molecule has 5 heteroatoms. The van der Waals surface area contributed by atoms with Crippen molar-refractivity contribution in [1.82, 2.24) is 4.98 Å². The number of nitrogens with zero attached hydrogens (tertiary/aromatic N) is 1. The molecule has 1 aliphatic heterocycles. The van der Waals surface area contributed by atoms with Gasteiger partial charge in [0.2, 0.25) is 5.79 Å². The highest BCUT2D eigenvalue weighted by molar-refractivity contribution is 5.72. The van der Waals surface area contributed by atoms with Crippen molar-refractivity contribution in [3.63, 3.8) is 0 Å². The van der Waals surface area contributed by atoms with Crippen LogP contribution in [0.1, 0.15) is 49.7 Å². The van der Waals surface area contributed by atoms with E-state index in [0.717, 1.165) is 25.7 Å². The quantitative estimate of drug-likeness (QED) is 0.670. The molecule has 27 heavy (non-hydrogen) atoms. The monoisotopic (exact) mass is 368 g/mol. The van der Waals surface area contributed by atoms with Crippen LogP contribution in [0, 0.1) is 5.92 Å². The first-order chi connectivity index (χ1) is 13.1. The highest BCUT2D eigenvalue weighted by atomic mass is 16.7. The number of hydrogen-bond donors (Lipinski definition) is 0. The lowest BCUT2D eigenvalue weighted by atomic mass is 9.87. The summed E-state index contributed by atoms with van der Waals surface area (Å²) in [7, 11) is 0. The lowest BCUT2D eigenvalue weighted by Crippen LogP contribution is -2.54. The zero-order valence-corrected chi connectivity index (χ0v) is 15.7. The first-order valence-corrected chi connectivity index (χ1v) is 9.53. The molecule has 0 spiro atoms. The zero-order valence-electron chi connectivity index (χ0n) is 15.7. The van der Waals surface area contributed by atoms with Crippen molar-refractivity contribution in [3.05, 3.63) is 66.0 Å². The van der Waals surface area contributed by atoms with Crippen molar-refractivity contribution in [2.75, 3.05) is 13.2 Å². The Labute approximate surface area is 160 Å². The molecule has 1 atom stereocenters. The standard InChI is InChI=1S/C22H27NO4/c1-22(21(24)25)26-15-17(16-27-22)7-5-6-10-20(18-8-3-2-4-9-18)19-11-13-23-14-12-19/h2-4,8-9,11-14,17,20H,5-7,10,15-16H2,1H3,(H,24,25)/p-1. The van der Waals surface area contributed by atoms with Crippen LogP contribution in [0.25, 0.3) is 0 Å². The van der Waals surface area contributed by atoms with Gasteiger partial charge in [0.25, 0.3) is 0 Å². The lowest BCUT2D eigenvalue weighted by molar-refractivity contribution is -0.366. The molecular weight excluding hydrogens is 342 g/mol. The number of carbonyl (C=O) groups excluding carboxylic acids is 1. The Kier molecular flexibility index (Phi) is 6.58. The SMILES string of the molecule is CC1(C(=O)[O-])OCC(CCCCC(c2ccccc2)c2ccncc2)CO1. The summed E-state index contributed by atoms with van der Waals surface area (Å²) in [6, 6.07) is 14.7. The normalized spacial score (nSPS) is 23.7. The predicted octanol–water partition coefficient (Wildman–Crippen LogP) is 2.90. The largest absolute Gasteiger partial charge is 0.544 e. The molecule has 1 aliphatic rings. The van der Waals surface area contributed by atoms with E-state index in [1.165, 1.54) is 18.1 Å². The maximum absolute atomic E-state index is 11.0. The summed E-state index contributed by atoms with van der Waals surface area (Å²) < 4.78 is 10.7. The van der Waals surface area contributed by atoms with Gasteiger partial charge in [0, 0.05) is 24.2 Å². The van der Waals surface area contributed by atoms with Crippen molar-refractivity contribution < 1.29 is 19.4 Å². The number of unbranched alkanes of at least 4 members (excludes halogenated alkanes) is 1. The number of rotatable bonds is 8. The van der Waals surface area contributed by atoms with Crippen LogP contribution >= 0.6 is 0 Å². The minimum absolute atomic E-state index is 0.230. The Bertz CT molecular complexity index is 672. The Balaban J connectivity index is 1.50. The van der Waals surface area contributed by atoms with Crippen molar-refractivity contribution in [1.29, 1.82) is 0 Å². The van der Waals surface area contributed by atoms with E-state index in [1.807, 2.05) is 18.5 Å². The number of aliphatic carboxylic acids is 1. The third kappa shape index (κ3) is 5.15. The average Bonchev–Trinajstić information content (AvgIpc) is 2.71. The molecule has 1 unspecified atom stereocenters. The summed E-state index contributed by atoms with van der Waals surface area (Å²) in [4.78, 5) is 15.2. The number of carboxylic acid groups (broad SMARTS) is 1. The van der Waals surface area contributed by atoms with Gasteiger partial charge in [-0.05, 0) is 43.0 Å². The van der Waals surface area contributed by atoms with E-state index in [-0.39, 0.29) is 5.92 Å². The average molecular weight is 368 g/mol. The van der Waals surface area contributed by atoms with Crippen LogP contribution in [-0.2, 0) is 14.3 Å². The number of hydrogen-bond acceptors (Lipinski definition) is 5. The maximum Gasteiger partial charge on any atom is 0.206 e. The molecule has 5 nitrogen and oxygen atoms in total. The van der Waals surface area contributed by atoms with Crippen LogP contribution < -0.4 is 5.11 Å². The number of carbonyl (C=O) groups is 1. The minimum atomic E-state index is -1.60. The number of pyridine rings is 1.